The fraction of sp³-hybridized carbons (Fsp3) is 0.667. The van der Waals surface area contributed by atoms with Crippen molar-refractivity contribution in [3.63, 3.8) is 0 Å². The van der Waals surface area contributed by atoms with Gasteiger partial charge in [-0.2, -0.15) is 0 Å². The smallest absolute Gasteiger partial charge is 0.136 e. The molecule has 2 atom stereocenters. The molecule has 1 fully saturated rings. The second kappa shape index (κ2) is 6.30. The molecule has 0 radical (unpaired) electrons. The molecule has 0 aliphatic carbocycles. The van der Waals surface area contributed by atoms with Crippen LogP contribution in [0.15, 0.2) is 12.1 Å². The van der Waals surface area contributed by atoms with Gasteiger partial charge in [-0.1, -0.05) is 5.75 Å². The molecule has 128 valence electrons. The van der Waals surface area contributed by atoms with E-state index in [0.717, 1.165) is 56.9 Å². The Hall–Kier alpha value is -1.30. The van der Waals surface area contributed by atoms with Gasteiger partial charge in [0.25, 0.3) is 0 Å². The summed E-state index contributed by atoms with van der Waals surface area (Å²) in [5.41, 5.74) is 2.21. The van der Waals surface area contributed by atoms with Crippen molar-refractivity contribution in [3.8, 4) is 11.5 Å². The molecule has 2 unspecified atom stereocenters. The van der Waals surface area contributed by atoms with E-state index in [2.05, 4.69) is 25.7 Å². The summed E-state index contributed by atoms with van der Waals surface area (Å²) in [6.45, 7) is 11.0. The van der Waals surface area contributed by atoms with E-state index in [4.69, 9.17) is 4.74 Å². The number of rotatable bonds is 1. The largest absolute Gasteiger partial charge is 0.870 e. The second-order valence-corrected chi connectivity index (χ2v) is 7.69. The summed E-state index contributed by atoms with van der Waals surface area (Å²) in [5.74, 6) is -0.398. The van der Waals surface area contributed by atoms with Crippen LogP contribution in [-0.2, 0) is 4.74 Å². The Balaban J connectivity index is 2.06. The molecule has 5 heteroatoms. The van der Waals surface area contributed by atoms with Gasteiger partial charge in [0, 0.05) is 24.7 Å². The normalized spacial score (nSPS) is 26.6. The zero-order valence-corrected chi connectivity index (χ0v) is 14.4. The number of fused-ring (bicyclic) bond motifs is 1. The summed E-state index contributed by atoms with van der Waals surface area (Å²) < 4.78 is 5.48. The zero-order valence-electron chi connectivity index (χ0n) is 14.4. The molecule has 1 aromatic rings. The lowest BCUT2D eigenvalue weighted by molar-refractivity contribution is -0.883. The molecule has 0 saturated carbocycles. The van der Waals surface area contributed by atoms with Crippen molar-refractivity contribution in [1.82, 2.24) is 4.90 Å². The number of hydrogen-bond acceptors (Lipinski definition) is 4. The van der Waals surface area contributed by atoms with Crippen LogP contribution in [0.1, 0.15) is 45.2 Å². The van der Waals surface area contributed by atoms with E-state index in [-0.39, 0.29) is 23.1 Å². The molecule has 2 aliphatic rings. The topological polar surface area (TPSA) is 60.2 Å². The van der Waals surface area contributed by atoms with E-state index in [9.17, 15) is 10.2 Å². The molecule has 23 heavy (non-hydrogen) atoms. The predicted octanol–water partition coefficient (Wildman–Crippen LogP) is 0.948. The number of morpholine rings is 1. The van der Waals surface area contributed by atoms with E-state index in [1.807, 2.05) is 0 Å². The number of nitrogens with zero attached hydrogens (tertiary/aromatic N) is 1. The maximum absolute atomic E-state index is 12.1. The molecule has 1 saturated heterocycles. The molecular weight excluding hydrogens is 292 g/mol. The lowest BCUT2D eigenvalue weighted by Gasteiger charge is -2.36. The second-order valence-electron chi connectivity index (χ2n) is 7.69. The van der Waals surface area contributed by atoms with Crippen LogP contribution < -0.4 is 10.0 Å². The molecule has 5 nitrogen and oxygen atoms in total. The number of phenolic OH excluding ortho intramolecular Hbond substituents is 1. The van der Waals surface area contributed by atoms with Gasteiger partial charge in [0.1, 0.15) is 11.4 Å². The highest BCUT2D eigenvalue weighted by molar-refractivity contribution is 5.54. The molecule has 1 aromatic carbocycles. The maximum atomic E-state index is 12.1. The highest BCUT2D eigenvalue weighted by atomic mass is 16.5. The molecule has 3 rings (SSSR count). The van der Waals surface area contributed by atoms with Gasteiger partial charge in [-0.3, -0.25) is 9.80 Å². The van der Waals surface area contributed by atoms with Crippen molar-refractivity contribution in [3.05, 3.63) is 17.7 Å². The highest BCUT2D eigenvalue weighted by Crippen LogP contribution is 2.38. The van der Waals surface area contributed by atoms with E-state index in [1.54, 1.807) is 12.1 Å². The summed E-state index contributed by atoms with van der Waals surface area (Å²) in [4.78, 5) is 3.78. The van der Waals surface area contributed by atoms with E-state index in [0.29, 0.717) is 0 Å². The number of quaternary nitrogens is 1. The van der Waals surface area contributed by atoms with Crippen molar-refractivity contribution in [1.29, 1.82) is 0 Å². The summed E-state index contributed by atoms with van der Waals surface area (Å²) in [6.07, 6.45) is 2.17. The third kappa shape index (κ3) is 3.32. The minimum atomic E-state index is -0.270. The summed E-state index contributed by atoms with van der Waals surface area (Å²) in [7, 11) is 0. The lowest BCUT2D eigenvalue weighted by Crippen LogP contribution is -3.14. The zero-order chi connectivity index (χ0) is 16.6. The van der Waals surface area contributed by atoms with Crippen LogP contribution in [0, 0.1) is 0 Å². The Morgan fingerprint density at radius 2 is 1.96 bits per heavy atom. The third-order valence-electron chi connectivity index (χ3n) is 5.11. The first-order valence-corrected chi connectivity index (χ1v) is 8.60. The predicted molar refractivity (Wildman–Crippen MR) is 87.2 cm³/mol. The van der Waals surface area contributed by atoms with Crippen LogP contribution in [0.3, 0.4) is 0 Å². The quantitative estimate of drug-likeness (QED) is 0.757. The minimum absolute atomic E-state index is 0.0259. The highest BCUT2D eigenvalue weighted by Gasteiger charge is 2.36. The van der Waals surface area contributed by atoms with E-state index in [1.165, 1.54) is 4.90 Å². The van der Waals surface area contributed by atoms with Gasteiger partial charge in [0.05, 0.1) is 25.3 Å². The average molecular weight is 320 g/mol. The van der Waals surface area contributed by atoms with Crippen LogP contribution in [0.2, 0.25) is 0 Å². The first kappa shape index (κ1) is 16.6. The molecule has 0 spiro atoms. The molecule has 0 aromatic heterocycles. The number of aromatic hydroxyl groups is 1. The van der Waals surface area contributed by atoms with Crippen LogP contribution in [0.4, 0.5) is 5.69 Å². The third-order valence-corrected chi connectivity index (χ3v) is 5.11. The van der Waals surface area contributed by atoms with Crippen molar-refractivity contribution < 1.29 is 19.8 Å². The van der Waals surface area contributed by atoms with Gasteiger partial charge in [0.15, 0.2) is 0 Å². The number of nitrogens with one attached hydrogen (secondary N) is 1. The van der Waals surface area contributed by atoms with Gasteiger partial charge < -0.3 is 14.9 Å². The van der Waals surface area contributed by atoms with Crippen LogP contribution >= 0.6 is 0 Å². The van der Waals surface area contributed by atoms with Gasteiger partial charge in [0.2, 0.25) is 0 Å². The van der Waals surface area contributed by atoms with Crippen LogP contribution in [0.25, 0.3) is 0 Å². The standard InChI is InChI=1S/C18H28N2O3/c1-18(2,3)20-6-4-5-14(19-7-9-23-10-8-19)13-11-16(21)17(22)12-15(13)20/h11-12,14,21-22H,4-10H2,1-3H3. The molecule has 2 heterocycles. The SMILES string of the molecule is CC(C)(C)[NH+]1CCCC(N2CCOCC2)c2cc(O)c([O-])cc21. The molecule has 2 N–H and O–H groups in total. The first-order valence-electron chi connectivity index (χ1n) is 8.60. The summed E-state index contributed by atoms with van der Waals surface area (Å²) in [6, 6.07) is 3.64. The van der Waals surface area contributed by atoms with Gasteiger partial charge in [-0.25, -0.2) is 0 Å². The van der Waals surface area contributed by atoms with E-state index < -0.39 is 0 Å². The van der Waals surface area contributed by atoms with Gasteiger partial charge in [-0.05, 0) is 45.7 Å². The first-order chi connectivity index (χ1) is 10.9. The Kier molecular flexibility index (Phi) is 4.54. The molecule has 0 bridgehead atoms. The van der Waals surface area contributed by atoms with Crippen LogP contribution in [0.5, 0.6) is 11.5 Å². The van der Waals surface area contributed by atoms with Gasteiger partial charge >= 0.3 is 0 Å². The fourth-order valence-corrected chi connectivity index (χ4v) is 3.93. The monoisotopic (exact) mass is 320 g/mol. The number of hydrogen-bond donors (Lipinski definition) is 2. The summed E-state index contributed by atoms with van der Waals surface area (Å²) in [5, 5.41) is 22.1. The maximum Gasteiger partial charge on any atom is 0.136 e. The Morgan fingerprint density at radius 3 is 2.61 bits per heavy atom. The summed E-state index contributed by atoms with van der Waals surface area (Å²) >= 11 is 0. The van der Waals surface area contributed by atoms with Gasteiger partial charge in [-0.15, -0.1) is 0 Å². The fourth-order valence-electron chi connectivity index (χ4n) is 3.93. The van der Waals surface area contributed by atoms with Crippen LogP contribution in [-0.4, -0.2) is 48.4 Å². The van der Waals surface area contributed by atoms with Crippen molar-refractivity contribution in [2.45, 2.75) is 45.2 Å². The van der Waals surface area contributed by atoms with Crippen molar-refractivity contribution in [2.75, 3.05) is 32.8 Å². The number of ether oxygens (including phenoxy) is 1. The van der Waals surface area contributed by atoms with E-state index >= 15 is 0 Å². The Morgan fingerprint density at radius 1 is 1.26 bits per heavy atom. The molecule has 0 amide bonds. The lowest BCUT2D eigenvalue weighted by atomic mass is 9.97. The Labute approximate surface area is 138 Å². The van der Waals surface area contributed by atoms with Crippen molar-refractivity contribution in [2.24, 2.45) is 0 Å². The number of benzene rings is 1. The average Bonchev–Trinajstić information content (AvgIpc) is 2.68. The number of phenols is 1. The minimum Gasteiger partial charge on any atom is -0.870 e. The Bertz CT molecular complexity index is 562. The molecular formula is C18H28N2O3. The van der Waals surface area contributed by atoms with Crippen molar-refractivity contribution >= 4 is 5.69 Å². The molecule has 2 aliphatic heterocycles.